The van der Waals surface area contributed by atoms with E-state index in [2.05, 4.69) is 11.8 Å². The van der Waals surface area contributed by atoms with Crippen LogP contribution < -0.4 is 0 Å². The molecular formula is C10H10O3. The van der Waals surface area contributed by atoms with Crippen molar-refractivity contribution < 1.29 is 15.0 Å². The monoisotopic (exact) mass is 178 g/mol. The molecule has 0 saturated carbocycles. The summed E-state index contributed by atoms with van der Waals surface area (Å²) >= 11 is 0. The highest BCUT2D eigenvalue weighted by atomic mass is 16.6. The van der Waals surface area contributed by atoms with Gasteiger partial charge >= 0.3 is 6.16 Å². The molecule has 0 radical (unpaired) electrons. The highest BCUT2D eigenvalue weighted by molar-refractivity contribution is 5.53. The lowest BCUT2D eigenvalue weighted by Crippen LogP contribution is -1.81. The van der Waals surface area contributed by atoms with Crippen molar-refractivity contribution in [2.75, 3.05) is 0 Å². The standard InChI is InChI=1S/C9H8.CH2O3/c1-2-6-9-7-4-3-5-8-9;2-1(3)4/h3-5,7-8H,1H3;(H2,2,3,4). The van der Waals surface area contributed by atoms with Crippen LogP contribution in [0, 0.1) is 11.8 Å². The van der Waals surface area contributed by atoms with E-state index in [1.54, 1.807) is 0 Å². The van der Waals surface area contributed by atoms with E-state index in [0.29, 0.717) is 0 Å². The van der Waals surface area contributed by atoms with Crippen LogP contribution in [-0.4, -0.2) is 16.4 Å². The van der Waals surface area contributed by atoms with E-state index in [1.807, 2.05) is 37.3 Å². The molecule has 1 rings (SSSR count). The number of carbonyl (C=O) groups is 1. The third-order valence-corrected chi connectivity index (χ3v) is 1.04. The number of hydrogen-bond acceptors (Lipinski definition) is 1. The van der Waals surface area contributed by atoms with Crippen LogP contribution in [-0.2, 0) is 0 Å². The predicted octanol–water partition coefficient (Wildman–Crippen LogP) is 2.28. The molecule has 3 heteroatoms. The maximum Gasteiger partial charge on any atom is 0.503 e. The zero-order valence-corrected chi connectivity index (χ0v) is 7.19. The van der Waals surface area contributed by atoms with Gasteiger partial charge in [-0.2, -0.15) is 0 Å². The molecule has 0 fully saturated rings. The molecule has 0 saturated heterocycles. The van der Waals surface area contributed by atoms with Gasteiger partial charge in [-0.1, -0.05) is 24.1 Å². The first kappa shape index (κ1) is 11.1. The second-order valence-corrected chi connectivity index (χ2v) is 2.02. The minimum Gasteiger partial charge on any atom is -0.450 e. The summed E-state index contributed by atoms with van der Waals surface area (Å²) in [6, 6.07) is 9.95. The van der Waals surface area contributed by atoms with Crippen LogP contribution in [0.15, 0.2) is 30.3 Å². The minimum atomic E-state index is -1.83. The number of benzene rings is 1. The van der Waals surface area contributed by atoms with Crippen molar-refractivity contribution in [3.63, 3.8) is 0 Å². The number of rotatable bonds is 0. The van der Waals surface area contributed by atoms with Gasteiger partial charge in [0.2, 0.25) is 0 Å². The number of carboxylic acid groups (broad SMARTS) is 2. The van der Waals surface area contributed by atoms with Gasteiger partial charge in [0.1, 0.15) is 0 Å². The Labute approximate surface area is 76.6 Å². The van der Waals surface area contributed by atoms with Gasteiger partial charge in [0.25, 0.3) is 0 Å². The van der Waals surface area contributed by atoms with Gasteiger partial charge in [0.05, 0.1) is 0 Å². The third-order valence-electron chi connectivity index (χ3n) is 1.04. The van der Waals surface area contributed by atoms with Crippen molar-refractivity contribution in [3.8, 4) is 11.8 Å². The Balaban J connectivity index is 0.000000310. The highest BCUT2D eigenvalue weighted by Gasteiger charge is 1.77. The van der Waals surface area contributed by atoms with E-state index in [4.69, 9.17) is 15.0 Å². The normalized spacial score (nSPS) is 7.15. The van der Waals surface area contributed by atoms with E-state index >= 15 is 0 Å². The van der Waals surface area contributed by atoms with Gasteiger partial charge < -0.3 is 10.2 Å². The molecule has 0 bridgehead atoms. The van der Waals surface area contributed by atoms with Crippen LogP contribution >= 0.6 is 0 Å². The fourth-order valence-corrected chi connectivity index (χ4v) is 0.666. The molecule has 0 spiro atoms. The molecule has 0 aromatic heterocycles. The lowest BCUT2D eigenvalue weighted by Gasteiger charge is -1.83. The smallest absolute Gasteiger partial charge is 0.450 e. The second kappa shape index (κ2) is 6.74. The van der Waals surface area contributed by atoms with Crippen LogP contribution in [0.1, 0.15) is 12.5 Å². The average molecular weight is 178 g/mol. The van der Waals surface area contributed by atoms with Crippen molar-refractivity contribution in [1.29, 1.82) is 0 Å². The first-order chi connectivity index (χ1) is 6.16. The van der Waals surface area contributed by atoms with Gasteiger partial charge in [-0.3, -0.25) is 0 Å². The Hall–Kier alpha value is -1.95. The molecule has 68 valence electrons. The van der Waals surface area contributed by atoms with Gasteiger partial charge in [-0.05, 0) is 19.1 Å². The topological polar surface area (TPSA) is 57.5 Å². The molecule has 3 nitrogen and oxygen atoms in total. The van der Waals surface area contributed by atoms with Crippen LogP contribution in [0.2, 0.25) is 0 Å². The van der Waals surface area contributed by atoms with Crippen LogP contribution in [0.4, 0.5) is 4.79 Å². The maximum atomic E-state index is 8.56. The lowest BCUT2D eigenvalue weighted by molar-refractivity contribution is 0.137. The van der Waals surface area contributed by atoms with Gasteiger partial charge in [-0.25, -0.2) is 4.79 Å². The predicted molar refractivity (Wildman–Crippen MR) is 49.6 cm³/mol. The lowest BCUT2D eigenvalue weighted by atomic mass is 10.2. The SMILES string of the molecule is CC#Cc1ccccc1.O=C(O)O. The summed E-state index contributed by atoms with van der Waals surface area (Å²) in [7, 11) is 0. The van der Waals surface area contributed by atoms with E-state index in [1.165, 1.54) is 0 Å². The van der Waals surface area contributed by atoms with E-state index in [0.717, 1.165) is 5.56 Å². The summed E-state index contributed by atoms with van der Waals surface area (Å²) in [5.74, 6) is 5.79. The van der Waals surface area contributed by atoms with Crippen LogP contribution in [0.25, 0.3) is 0 Å². The molecule has 0 heterocycles. The van der Waals surface area contributed by atoms with Crippen molar-refractivity contribution >= 4 is 6.16 Å². The van der Waals surface area contributed by atoms with Crippen molar-refractivity contribution in [2.45, 2.75) is 6.92 Å². The van der Waals surface area contributed by atoms with Crippen molar-refractivity contribution in [3.05, 3.63) is 35.9 Å². The molecule has 0 aliphatic heterocycles. The van der Waals surface area contributed by atoms with E-state index < -0.39 is 6.16 Å². The molecule has 0 aliphatic carbocycles. The second-order valence-electron chi connectivity index (χ2n) is 2.02. The average Bonchev–Trinajstić information content (AvgIpc) is 2.06. The van der Waals surface area contributed by atoms with E-state index in [9.17, 15) is 0 Å². The van der Waals surface area contributed by atoms with Crippen molar-refractivity contribution in [1.82, 2.24) is 0 Å². The van der Waals surface area contributed by atoms with Gasteiger partial charge in [0.15, 0.2) is 0 Å². The zero-order chi connectivity index (χ0) is 10.1. The molecule has 0 unspecified atom stereocenters. The Kier molecular flexibility index (Phi) is 5.73. The first-order valence-electron chi connectivity index (χ1n) is 3.56. The quantitative estimate of drug-likeness (QED) is 0.599. The third kappa shape index (κ3) is 7.95. The van der Waals surface area contributed by atoms with Crippen molar-refractivity contribution in [2.24, 2.45) is 0 Å². The van der Waals surface area contributed by atoms with E-state index in [-0.39, 0.29) is 0 Å². The molecule has 0 amide bonds. The maximum absolute atomic E-state index is 8.56. The Morgan fingerprint density at radius 1 is 1.23 bits per heavy atom. The fourth-order valence-electron chi connectivity index (χ4n) is 0.666. The molecule has 1 aromatic rings. The van der Waals surface area contributed by atoms with Crippen LogP contribution in [0.3, 0.4) is 0 Å². The molecule has 0 atom stereocenters. The van der Waals surface area contributed by atoms with Gasteiger partial charge in [0, 0.05) is 5.56 Å². The first-order valence-corrected chi connectivity index (χ1v) is 3.56. The Bertz CT molecular complexity index is 302. The summed E-state index contributed by atoms with van der Waals surface area (Å²) in [6.07, 6.45) is -1.83. The number of hydrogen-bond donors (Lipinski definition) is 2. The zero-order valence-electron chi connectivity index (χ0n) is 7.19. The Morgan fingerprint density at radius 2 is 1.69 bits per heavy atom. The molecule has 2 N–H and O–H groups in total. The summed E-state index contributed by atoms with van der Waals surface area (Å²) in [5, 5.41) is 13.9. The minimum absolute atomic E-state index is 1.08. The van der Waals surface area contributed by atoms with Crippen LogP contribution in [0.5, 0.6) is 0 Å². The summed E-state index contributed by atoms with van der Waals surface area (Å²) in [4.78, 5) is 8.56. The molecule has 13 heavy (non-hydrogen) atoms. The molecule has 1 aromatic carbocycles. The summed E-state index contributed by atoms with van der Waals surface area (Å²) in [6.45, 7) is 1.84. The molecular weight excluding hydrogens is 168 g/mol. The Morgan fingerprint density at radius 3 is 2.08 bits per heavy atom. The fraction of sp³-hybridized carbons (Fsp3) is 0.100. The van der Waals surface area contributed by atoms with Gasteiger partial charge in [-0.15, -0.1) is 5.92 Å². The largest absolute Gasteiger partial charge is 0.503 e. The summed E-state index contributed by atoms with van der Waals surface area (Å²) < 4.78 is 0. The summed E-state index contributed by atoms with van der Waals surface area (Å²) in [5.41, 5.74) is 1.08. The molecule has 0 aliphatic rings. The highest BCUT2D eigenvalue weighted by Crippen LogP contribution is 1.93.